The van der Waals surface area contributed by atoms with Crippen LogP contribution in [0.1, 0.15) is 5.56 Å². The SMILES string of the molecule is O=C(O)[C@H](Cc1ccccc1)NC[C@H]1O[C@@H]2O[C@H]3[C@H](O)[C@@H](O)[C@@H](O[C@H]4[C@H](O)[C@@H](O)[C@@H](O[C@H]5[C@H](O)[C@@H](O)[C@@H](O[C@H]6[C@H](O)[C@@H](O)[C@@H](O[C@H]7[C@H](O)[C@@H](O)[C@@H](O[C@H]8[C@H](O)[C@@H](O)[C@@H](O[C@H]1[C@H](O)[C@H]2O)O[C@@H]8CO)O[C@@H]7CO)O[C@@H]6CO)O[C@@H]5CO)O[C@@H]4CO)O[C@@H]3CO. The monoisotopic (exact) mass is 1280 g/mol. The fourth-order valence-electron chi connectivity index (χ4n) is 11.8. The number of aliphatic carboxylic acids is 1. The van der Waals surface area contributed by atoms with Crippen molar-refractivity contribution in [2.24, 2.45) is 0 Å². The van der Waals surface area contributed by atoms with Gasteiger partial charge in [0.2, 0.25) is 0 Å². The fraction of sp³-hybridized carbons (Fsp3) is 0.863. The van der Waals surface area contributed by atoms with Crippen LogP contribution < -0.4 is 5.32 Å². The van der Waals surface area contributed by atoms with Crippen molar-refractivity contribution in [1.29, 1.82) is 0 Å². The molecule has 0 aliphatic carbocycles. The molecular weight excluding hydrogens is 1200 g/mol. The summed E-state index contributed by atoms with van der Waals surface area (Å²) in [6, 6.07) is 6.86. The summed E-state index contributed by atoms with van der Waals surface area (Å²) in [5, 5.41) is 237. The minimum absolute atomic E-state index is 0.139. The first-order valence-corrected chi connectivity index (χ1v) is 28.3. The Labute approximate surface area is 498 Å². The molecule has 0 aromatic heterocycles. The molecule has 504 valence electrons. The van der Waals surface area contributed by atoms with Crippen molar-refractivity contribution in [2.45, 2.75) is 227 Å². The molecule has 0 spiro atoms. The van der Waals surface area contributed by atoms with Crippen LogP contribution >= 0.6 is 0 Å². The summed E-state index contributed by atoms with van der Waals surface area (Å²) in [5.41, 5.74) is 0.550. The number of hydrogen-bond acceptors (Lipinski definition) is 36. The third-order valence-corrected chi connectivity index (χ3v) is 16.7. The Kier molecular flexibility index (Phi) is 23.8. The number of ether oxygens (including phenoxy) is 14. The molecule has 0 saturated carbocycles. The van der Waals surface area contributed by atoms with Crippen molar-refractivity contribution in [3.8, 4) is 0 Å². The molecule has 36 atom stereocenters. The number of carboxylic acids is 1. The van der Waals surface area contributed by atoms with Gasteiger partial charge in [-0.1, -0.05) is 30.3 Å². The summed E-state index contributed by atoms with van der Waals surface area (Å²) in [6.07, 6.45) is -71.8. The summed E-state index contributed by atoms with van der Waals surface area (Å²) >= 11 is 0. The van der Waals surface area contributed by atoms with Crippen LogP contribution in [0.5, 0.6) is 0 Å². The molecule has 21 aliphatic heterocycles. The van der Waals surface area contributed by atoms with Crippen LogP contribution in [0.15, 0.2) is 30.3 Å². The van der Waals surface area contributed by atoms with E-state index >= 15 is 0 Å². The lowest BCUT2D eigenvalue weighted by molar-refractivity contribution is -0.396. The third kappa shape index (κ3) is 14.3. The van der Waals surface area contributed by atoms with Crippen molar-refractivity contribution in [2.75, 3.05) is 46.2 Å². The summed E-state index contributed by atoms with van der Waals surface area (Å²) in [5.74, 6) is -1.38. The predicted molar refractivity (Wildman–Crippen MR) is 271 cm³/mol. The number of rotatable bonds is 12. The molecule has 21 fully saturated rings. The Hall–Kier alpha value is -2.71. The van der Waals surface area contributed by atoms with E-state index in [1.807, 2.05) is 0 Å². The third-order valence-electron chi connectivity index (χ3n) is 16.7. The molecule has 37 heteroatoms. The lowest BCUT2D eigenvalue weighted by atomic mass is 9.95. The van der Waals surface area contributed by atoms with Gasteiger partial charge in [0, 0.05) is 6.54 Å². The number of hydrogen-bond donors (Lipinski definition) is 22. The lowest BCUT2D eigenvalue weighted by Crippen LogP contribution is -2.68. The smallest absolute Gasteiger partial charge is 0.321 e. The normalized spacial score (nSPS) is 50.2. The van der Waals surface area contributed by atoms with Gasteiger partial charge in [-0.25, -0.2) is 0 Å². The molecule has 1 aromatic carbocycles. The van der Waals surface area contributed by atoms with Gasteiger partial charge in [0.05, 0.1) is 39.6 Å². The fourth-order valence-corrected chi connectivity index (χ4v) is 11.8. The molecule has 14 bridgehead atoms. The Bertz CT molecular complexity index is 2310. The highest BCUT2D eigenvalue weighted by molar-refractivity contribution is 5.73. The van der Waals surface area contributed by atoms with E-state index in [1.54, 1.807) is 30.3 Å². The second-order valence-electron chi connectivity index (χ2n) is 22.5. The Balaban J connectivity index is 1.02. The highest BCUT2D eigenvalue weighted by Crippen LogP contribution is 2.39. The van der Waals surface area contributed by atoms with E-state index in [4.69, 9.17) is 66.3 Å². The highest BCUT2D eigenvalue weighted by atomic mass is 16.8. The molecular formula is C51H79NO36. The first-order valence-electron chi connectivity index (χ1n) is 28.3. The Morgan fingerprint density at radius 3 is 0.727 bits per heavy atom. The number of carboxylic acid groups (broad SMARTS) is 1. The van der Waals surface area contributed by atoms with E-state index in [1.165, 1.54) is 0 Å². The van der Waals surface area contributed by atoms with E-state index in [2.05, 4.69) is 5.32 Å². The molecule has 0 amide bonds. The maximum Gasteiger partial charge on any atom is 0.321 e. The molecule has 88 heavy (non-hydrogen) atoms. The average molecular weight is 1280 g/mol. The quantitative estimate of drug-likeness (QED) is 0.0924. The van der Waals surface area contributed by atoms with Gasteiger partial charge in [-0.3, -0.25) is 4.79 Å². The predicted octanol–water partition coefficient (Wildman–Crippen LogP) is -13.9. The van der Waals surface area contributed by atoms with Crippen molar-refractivity contribution < 1.29 is 178 Å². The van der Waals surface area contributed by atoms with Crippen LogP contribution in [0, 0.1) is 0 Å². The molecule has 1 aromatic rings. The van der Waals surface area contributed by atoms with E-state index in [0.29, 0.717) is 5.56 Å². The van der Waals surface area contributed by atoms with Gasteiger partial charge >= 0.3 is 5.97 Å². The van der Waals surface area contributed by atoms with Gasteiger partial charge in [0.15, 0.2) is 44.0 Å². The molecule has 0 unspecified atom stereocenters. The van der Waals surface area contributed by atoms with Gasteiger partial charge in [-0.05, 0) is 12.0 Å². The van der Waals surface area contributed by atoms with E-state index in [-0.39, 0.29) is 6.42 Å². The first kappa shape index (κ1) is 69.6. The van der Waals surface area contributed by atoms with Gasteiger partial charge in [0.25, 0.3) is 0 Å². The van der Waals surface area contributed by atoms with E-state index in [9.17, 15) is 112 Å². The maximum absolute atomic E-state index is 12.6. The van der Waals surface area contributed by atoms with Crippen molar-refractivity contribution in [3.05, 3.63) is 35.9 Å². The zero-order valence-corrected chi connectivity index (χ0v) is 46.3. The highest BCUT2D eigenvalue weighted by Gasteiger charge is 2.59. The Morgan fingerprint density at radius 1 is 0.318 bits per heavy atom. The summed E-state index contributed by atoms with van der Waals surface area (Å²) in [4.78, 5) is 12.6. The van der Waals surface area contributed by atoms with Crippen LogP contribution in [-0.2, 0) is 77.5 Å². The standard InChI is InChI=1S/C51H79NO36/c53-8-17-38-25(61)32(68)47(77-17)85-40-19(10-55)79-49(34(70)27(40)63)87-42-21(12-57)81-51(36(72)29(42)65)88-43-22(13-58)80-50(35(71)28(43)64)86-41-20(11-56)78-48(33(69)26(41)62)84-39-18(9-54)76-46(31(67)24(39)60)82-37-16(75-45(83-38)30(66)23(37)59)7-52-15(44(73)74)6-14-4-2-1-3-5-14/h1-5,15-43,45-72H,6-13H2,(H,73,74)/t15-,16+,17+,18+,19+,20+,21+,22+,23+,24+,25+,26+,27+,28+,29+,30+,31+,32+,33+,34+,35+,36+,37+,38+,39+,40+,41+,42+,43+,45+,46+,47+,48+,49+,50+,51+/m0/s1. The number of aliphatic hydroxyl groups excluding tert-OH is 20. The molecule has 21 heterocycles. The van der Waals surface area contributed by atoms with E-state index < -0.39 is 273 Å². The van der Waals surface area contributed by atoms with Crippen molar-refractivity contribution in [3.63, 3.8) is 0 Å². The molecule has 37 nitrogen and oxygen atoms in total. The topological polar surface area (TPSA) is 583 Å². The van der Waals surface area contributed by atoms with Gasteiger partial charge in [0.1, 0.15) is 177 Å². The molecule has 0 radical (unpaired) electrons. The van der Waals surface area contributed by atoms with Gasteiger partial charge in [-0.2, -0.15) is 0 Å². The minimum atomic E-state index is -2.28. The number of aliphatic hydroxyl groups is 20. The Morgan fingerprint density at radius 2 is 0.523 bits per heavy atom. The van der Waals surface area contributed by atoms with Crippen LogP contribution in [0.3, 0.4) is 0 Å². The summed E-state index contributed by atoms with van der Waals surface area (Å²) in [6.45, 7) is -7.07. The maximum atomic E-state index is 12.6. The molecule has 21 saturated heterocycles. The average Bonchev–Trinajstić information content (AvgIpc) is 0.981. The zero-order valence-electron chi connectivity index (χ0n) is 46.3. The minimum Gasteiger partial charge on any atom is -0.480 e. The number of benzene rings is 1. The van der Waals surface area contributed by atoms with Crippen molar-refractivity contribution in [1.82, 2.24) is 5.32 Å². The molecule has 21 aliphatic rings. The van der Waals surface area contributed by atoms with Gasteiger partial charge < -0.3 is 179 Å². The largest absolute Gasteiger partial charge is 0.480 e. The van der Waals surface area contributed by atoms with Crippen LogP contribution in [0.4, 0.5) is 0 Å². The molecule has 22 rings (SSSR count). The van der Waals surface area contributed by atoms with E-state index in [0.717, 1.165) is 0 Å². The summed E-state index contributed by atoms with van der Waals surface area (Å²) < 4.78 is 81.1. The number of carbonyl (C=O) groups is 1. The summed E-state index contributed by atoms with van der Waals surface area (Å²) in [7, 11) is 0. The van der Waals surface area contributed by atoms with Crippen LogP contribution in [0.25, 0.3) is 0 Å². The molecule has 22 N–H and O–H groups in total. The van der Waals surface area contributed by atoms with Crippen LogP contribution in [0.2, 0.25) is 0 Å². The second kappa shape index (κ2) is 30.1. The second-order valence-corrected chi connectivity index (χ2v) is 22.5. The first-order chi connectivity index (χ1) is 42.0. The number of nitrogens with one attached hydrogen (secondary N) is 1. The van der Waals surface area contributed by atoms with Gasteiger partial charge in [-0.15, -0.1) is 0 Å². The zero-order chi connectivity index (χ0) is 63.7. The lowest BCUT2D eigenvalue weighted by Gasteiger charge is -2.50. The van der Waals surface area contributed by atoms with Crippen molar-refractivity contribution >= 4 is 5.97 Å². The van der Waals surface area contributed by atoms with Crippen LogP contribution in [-0.4, -0.2) is 380 Å².